The molecule has 124 valence electrons. The van der Waals surface area contributed by atoms with Gasteiger partial charge in [0, 0.05) is 5.41 Å². The van der Waals surface area contributed by atoms with E-state index in [0.717, 1.165) is 19.3 Å². The molecule has 3 heteroatoms. The Bertz CT molecular complexity index is 492. The van der Waals surface area contributed by atoms with Crippen molar-refractivity contribution in [3.63, 3.8) is 0 Å². The van der Waals surface area contributed by atoms with Crippen molar-refractivity contribution in [2.75, 3.05) is 0 Å². The number of aliphatic hydroxyl groups excluding tert-OH is 1. The van der Waals surface area contributed by atoms with Crippen LogP contribution in [0.4, 0.5) is 4.39 Å². The van der Waals surface area contributed by atoms with Crippen molar-refractivity contribution >= 4 is 5.78 Å². The van der Waals surface area contributed by atoms with Gasteiger partial charge in [0.15, 0.2) is 12.0 Å². The highest BCUT2D eigenvalue weighted by Crippen LogP contribution is 2.65. The van der Waals surface area contributed by atoms with Gasteiger partial charge in [0.05, 0.1) is 6.10 Å². The van der Waals surface area contributed by atoms with Crippen molar-refractivity contribution in [1.82, 2.24) is 0 Å². The molecule has 4 fully saturated rings. The maximum absolute atomic E-state index is 14.1. The van der Waals surface area contributed by atoms with Crippen molar-refractivity contribution in [3.05, 3.63) is 0 Å². The number of Topliss-reactive ketones (excluding diaryl/α,β-unsaturated/α-hetero) is 1. The average Bonchev–Trinajstić information content (AvgIpc) is 2.71. The Morgan fingerprint density at radius 1 is 1.09 bits per heavy atom. The monoisotopic (exact) mass is 308 g/mol. The van der Waals surface area contributed by atoms with Crippen LogP contribution < -0.4 is 0 Å². The van der Waals surface area contributed by atoms with Gasteiger partial charge in [-0.05, 0) is 67.6 Å². The van der Waals surface area contributed by atoms with Crippen LogP contribution in [-0.4, -0.2) is 23.2 Å². The van der Waals surface area contributed by atoms with Crippen LogP contribution in [0, 0.1) is 34.5 Å². The van der Waals surface area contributed by atoms with Crippen molar-refractivity contribution in [2.45, 2.75) is 77.5 Å². The number of halogens is 1. The van der Waals surface area contributed by atoms with E-state index in [1.807, 2.05) is 6.92 Å². The molecule has 0 heterocycles. The molecule has 4 aliphatic carbocycles. The number of alkyl halides is 1. The second kappa shape index (κ2) is 4.78. The summed E-state index contributed by atoms with van der Waals surface area (Å²) < 4.78 is 14.1. The van der Waals surface area contributed by atoms with E-state index in [1.165, 1.54) is 25.7 Å². The highest BCUT2D eigenvalue weighted by molar-refractivity contribution is 5.91. The Labute approximate surface area is 132 Å². The van der Waals surface area contributed by atoms with E-state index >= 15 is 0 Å². The molecular weight excluding hydrogens is 279 g/mol. The quantitative estimate of drug-likeness (QED) is 0.737. The molecule has 8 atom stereocenters. The molecule has 0 aliphatic heterocycles. The van der Waals surface area contributed by atoms with E-state index in [2.05, 4.69) is 6.92 Å². The second-order valence-electron chi connectivity index (χ2n) is 9.07. The van der Waals surface area contributed by atoms with Crippen molar-refractivity contribution in [3.8, 4) is 0 Å². The number of aliphatic hydroxyl groups is 1. The smallest absolute Gasteiger partial charge is 0.173 e. The summed E-state index contributed by atoms with van der Waals surface area (Å²) in [7, 11) is 0. The summed E-state index contributed by atoms with van der Waals surface area (Å²) in [5.41, 5.74) is -0.208. The number of carbonyl (C=O) groups is 1. The van der Waals surface area contributed by atoms with Crippen LogP contribution in [0.15, 0.2) is 0 Å². The molecule has 4 aliphatic rings. The van der Waals surface area contributed by atoms with Crippen LogP contribution in [0.3, 0.4) is 0 Å². The number of ketones is 1. The summed E-state index contributed by atoms with van der Waals surface area (Å²) in [5, 5.41) is 10.9. The van der Waals surface area contributed by atoms with Crippen LogP contribution in [0.2, 0.25) is 0 Å². The van der Waals surface area contributed by atoms with Gasteiger partial charge in [-0.2, -0.15) is 0 Å². The summed E-state index contributed by atoms with van der Waals surface area (Å²) in [5.74, 6) is 1.13. The maximum Gasteiger partial charge on any atom is 0.173 e. The molecule has 0 bridgehead atoms. The lowest BCUT2D eigenvalue weighted by Crippen LogP contribution is -2.57. The van der Waals surface area contributed by atoms with E-state index in [-0.39, 0.29) is 23.7 Å². The molecule has 2 nitrogen and oxygen atoms in total. The average molecular weight is 308 g/mol. The first kappa shape index (κ1) is 15.1. The van der Waals surface area contributed by atoms with Crippen LogP contribution in [0.25, 0.3) is 0 Å². The van der Waals surface area contributed by atoms with Gasteiger partial charge < -0.3 is 5.11 Å². The number of carbonyl (C=O) groups excluding carboxylic acids is 1. The predicted octanol–water partition coefficient (Wildman–Crippen LogP) is 3.91. The van der Waals surface area contributed by atoms with Crippen molar-refractivity contribution in [1.29, 1.82) is 0 Å². The fraction of sp³-hybridized carbons (Fsp3) is 0.947. The van der Waals surface area contributed by atoms with Gasteiger partial charge in [0.1, 0.15) is 0 Å². The normalized spacial score (nSPS) is 57.9. The van der Waals surface area contributed by atoms with Gasteiger partial charge in [-0.15, -0.1) is 0 Å². The summed E-state index contributed by atoms with van der Waals surface area (Å²) in [4.78, 5) is 12.3. The van der Waals surface area contributed by atoms with E-state index in [0.29, 0.717) is 23.7 Å². The molecule has 6 unspecified atom stereocenters. The molecule has 22 heavy (non-hydrogen) atoms. The summed E-state index contributed by atoms with van der Waals surface area (Å²) in [6, 6.07) is 0. The minimum Gasteiger partial charge on any atom is -0.393 e. The Balaban J connectivity index is 1.71. The van der Waals surface area contributed by atoms with E-state index < -0.39 is 11.6 Å². The lowest BCUT2D eigenvalue weighted by molar-refractivity contribution is -0.163. The van der Waals surface area contributed by atoms with Crippen LogP contribution in [-0.2, 0) is 4.79 Å². The fourth-order valence-electron chi connectivity index (χ4n) is 7.01. The zero-order chi connectivity index (χ0) is 15.7. The third-order valence-corrected chi connectivity index (χ3v) is 8.30. The van der Waals surface area contributed by atoms with Crippen molar-refractivity contribution in [2.24, 2.45) is 34.5 Å². The molecule has 1 N–H and O–H groups in total. The van der Waals surface area contributed by atoms with Crippen LogP contribution in [0.5, 0.6) is 0 Å². The minimum absolute atomic E-state index is 0.0588. The maximum atomic E-state index is 14.1. The SMILES string of the molecule is CC12CCC3C(C1C[C@@H](F)C2=O)[C@@H](O)CC1CCCCC13C. The standard InChI is InChI=1S/C19H29FO2/c1-18-7-4-3-5-11(18)9-15(21)16-12(18)6-8-19(2)13(16)10-14(20)17(19)22/h11-16,21H,3-10H2,1-2H3/t11?,12?,13?,14-,15+,16?,18?,19?/m1/s1. The summed E-state index contributed by atoms with van der Waals surface area (Å²) in [6.45, 7) is 4.39. The van der Waals surface area contributed by atoms with Gasteiger partial charge in [-0.1, -0.05) is 26.7 Å². The van der Waals surface area contributed by atoms with Crippen molar-refractivity contribution < 1.29 is 14.3 Å². The Hall–Kier alpha value is -0.440. The first-order valence-corrected chi connectivity index (χ1v) is 9.24. The van der Waals surface area contributed by atoms with Gasteiger partial charge in [-0.3, -0.25) is 4.79 Å². The Morgan fingerprint density at radius 2 is 1.86 bits per heavy atom. The van der Waals surface area contributed by atoms with Crippen LogP contribution >= 0.6 is 0 Å². The third kappa shape index (κ3) is 1.78. The molecule has 0 aromatic carbocycles. The number of hydrogen-bond acceptors (Lipinski definition) is 2. The van der Waals surface area contributed by atoms with E-state index in [9.17, 15) is 14.3 Å². The molecule has 4 rings (SSSR count). The minimum atomic E-state index is -1.29. The molecule has 4 saturated carbocycles. The number of fused-ring (bicyclic) bond motifs is 5. The number of hydrogen-bond donors (Lipinski definition) is 1. The Kier molecular flexibility index (Phi) is 3.28. The molecule has 0 amide bonds. The highest BCUT2D eigenvalue weighted by atomic mass is 19.1. The predicted molar refractivity (Wildman–Crippen MR) is 83.0 cm³/mol. The summed E-state index contributed by atoms with van der Waals surface area (Å²) in [6.07, 6.45) is 6.50. The summed E-state index contributed by atoms with van der Waals surface area (Å²) >= 11 is 0. The first-order chi connectivity index (χ1) is 10.4. The lowest BCUT2D eigenvalue weighted by atomic mass is 9.44. The van der Waals surface area contributed by atoms with E-state index in [4.69, 9.17) is 0 Å². The molecule has 0 radical (unpaired) electrons. The first-order valence-electron chi connectivity index (χ1n) is 9.24. The topological polar surface area (TPSA) is 37.3 Å². The zero-order valence-electron chi connectivity index (χ0n) is 13.9. The molecule has 0 spiro atoms. The second-order valence-corrected chi connectivity index (χ2v) is 9.07. The molecule has 0 aromatic heterocycles. The number of rotatable bonds is 0. The van der Waals surface area contributed by atoms with Gasteiger partial charge in [-0.25, -0.2) is 4.39 Å². The third-order valence-electron chi connectivity index (χ3n) is 8.30. The zero-order valence-corrected chi connectivity index (χ0v) is 13.9. The molecule has 0 saturated heterocycles. The lowest BCUT2D eigenvalue weighted by Gasteiger charge is -2.60. The van der Waals surface area contributed by atoms with Gasteiger partial charge >= 0.3 is 0 Å². The van der Waals surface area contributed by atoms with E-state index in [1.54, 1.807) is 0 Å². The van der Waals surface area contributed by atoms with Gasteiger partial charge in [0.25, 0.3) is 0 Å². The fourth-order valence-corrected chi connectivity index (χ4v) is 7.01. The largest absolute Gasteiger partial charge is 0.393 e. The van der Waals surface area contributed by atoms with Crippen LogP contribution in [0.1, 0.15) is 65.2 Å². The molecular formula is C19H29FO2. The Morgan fingerprint density at radius 3 is 2.64 bits per heavy atom. The molecule has 0 aromatic rings. The highest BCUT2D eigenvalue weighted by Gasteiger charge is 2.64. The van der Waals surface area contributed by atoms with Gasteiger partial charge in [0.2, 0.25) is 0 Å².